The Morgan fingerprint density at radius 2 is 1.73 bits per heavy atom. The van der Waals surface area contributed by atoms with E-state index >= 15 is 0 Å². The van der Waals surface area contributed by atoms with E-state index in [-0.39, 0.29) is 22.8 Å². The number of benzene rings is 1. The maximum Gasteiger partial charge on any atom is 0.410 e. The summed E-state index contributed by atoms with van der Waals surface area (Å²) in [6.45, 7) is 20.3. The predicted octanol–water partition coefficient (Wildman–Crippen LogP) is 6.57. The molecule has 0 aromatic heterocycles. The molecule has 2 heterocycles. The van der Waals surface area contributed by atoms with Crippen LogP contribution in [0.4, 0.5) is 4.79 Å². The Hall–Kier alpha value is -2.28. The van der Waals surface area contributed by atoms with Crippen molar-refractivity contribution in [3.8, 4) is 0 Å². The molecule has 2 aliphatic heterocycles. The second-order valence-corrected chi connectivity index (χ2v) is 23.5. The van der Waals surface area contributed by atoms with E-state index in [1.807, 2.05) is 45.9 Å². The molecule has 10 nitrogen and oxygen atoms in total. The highest BCUT2D eigenvalue weighted by molar-refractivity contribution is 7.89. The first-order chi connectivity index (χ1) is 22.2. The molecule has 1 aromatic rings. The molecule has 270 valence electrons. The molecule has 0 atom stereocenters. The SMILES string of the molecule is Cc1cc(CN(CCO[Si](C)(C)C(C)(C)C)C(=O)OC(C)(C)C)ccc1CCS(=O)(=O)N1CCC2(CC1)N=C(C1CCCCC1)NC2=O. The second-order valence-electron chi connectivity index (χ2n) is 16.6. The molecule has 4 rings (SSSR count). The zero-order valence-electron chi connectivity index (χ0n) is 30.9. The minimum absolute atomic E-state index is 0.00218. The third-order valence-electron chi connectivity index (χ3n) is 10.6. The fourth-order valence-electron chi connectivity index (χ4n) is 6.50. The van der Waals surface area contributed by atoms with Gasteiger partial charge in [0.05, 0.1) is 12.4 Å². The maximum absolute atomic E-state index is 13.4. The van der Waals surface area contributed by atoms with Gasteiger partial charge in [0.25, 0.3) is 5.91 Å². The summed E-state index contributed by atoms with van der Waals surface area (Å²) in [5.74, 6) is 1.07. The van der Waals surface area contributed by atoms with Crippen LogP contribution in [0, 0.1) is 12.8 Å². The van der Waals surface area contributed by atoms with Gasteiger partial charge in [-0.25, -0.2) is 17.5 Å². The van der Waals surface area contributed by atoms with E-state index in [1.54, 1.807) is 4.90 Å². The van der Waals surface area contributed by atoms with Crippen LogP contribution in [0.3, 0.4) is 0 Å². The number of rotatable bonds is 11. The summed E-state index contributed by atoms with van der Waals surface area (Å²) in [7, 11) is -5.49. The highest BCUT2D eigenvalue weighted by atomic mass is 32.2. The number of aryl methyl sites for hydroxylation is 2. The van der Waals surface area contributed by atoms with Gasteiger partial charge in [-0.15, -0.1) is 0 Å². The fraction of sp³-hybridized carbons (Fsp3) is 0.750. The Morgan fingerprint density at radius 3 is 2.31 bits per heavy atom. The molecule has 48 heavy (non-hydrogen) atoms. The number of amidine groups is 1. The van der Waals surface area contributed by atoms with Gasteiger partial charge in [-0.2, -0.15) is 0 Å². The first-order valence-corrected chi connectivity index (χ1v) is 22.3. The Labute approximate surface area is 290 Å². The van der Waals surface area contributed by atoms with Crippen molar-refractivity contribution >= 4 is 36.2 Å². The molecular formula is C36H60N4O6SSi. The predicted molar refractivity (Wildman–Crippen MR) is 194 cm³/mol. The lowest BCUT2D eigenvalue weighted by Gasteiger charge is -2.37. The maximum atomic E-state index is 13.4. The van der Waals surface area contributed by atoms with Crippen molar-refractivity contribution < 1.29 is 27.2 Å². The molecule has 2 fully saturated rings. The van der Waals surface area contributed by atoms with Crippen LogP contribution in [0.2, 0.25) is 18.1 Å². The number of aliphatic imine (C=N–C) groups is 1. The average molecular weight is 705 g/mol. The summed E-state index contributed by atoms with van der Waals surface area (Å²) in [6, 6.07) is 5.96. The molecule has 0 radical (unpaired) electrons. The zero-order valence-corrected chi connectivity index (χ0v) is 32.7. The topological polar surface area (TPSA) is 118 Å². The van der Waals surface area contributed by atoms with Gasteiger partial charge in [0.2, 0.25) is 10.0 Å². The van der Waals surface area contributed by atoms with Gasteiger partial charge in [0.15, 0.2) is 8.32 Å². The summed E-state index contributed by atoms with van der Waals surface area (Å²) in [5, 5.41) is 3.12. The molecule has 0 bridgehead atoms. The number of hydrogen-bond donors (Lipinski definition) is 1. The van der Waals surface area contributed by atoms with Crippen LogP contribution in [0.25, 0.3) is 0 Å². The van der Waals surface area contributed by atoms with Gasteiger partial charge in [0.1, 0.15) is 17.0 Å². The molecular weight excluding hydrogens is 645 g/mol. The standard InChI is InChI=1S/C36H60N4O6SSi/c1-27-25-28(26-39(33(42)46-34(2,3)4)22-23-45-48(8,9)35(5,6)7)15-16-29(27)17-24-47(43,44)40-20-18-36(19-21-40)32(41)37-31(38-36)30-13-11-10-12-14-30/h15-16,25,30H,10-14,17-24,26H2,1-9H3,(H,37,38,41). The minimum atomic E-state index is -3.51. The number of hydrogen-bond acceptors (Lipinski definition) is 7. The molecule has 2 amide bonds. The number of sulfonamides is 1. The molecule has 1 saturated carbocycles. The quantitative estimate of drug-likeness (QED) is 0.261. The number of amides is 2. The summed E-state index contributed by atoms with van der Waals surface area (Å²) in [6.07, 6.45) is 6.51. The molecule has 1 aliphatic carbocycles. The van der Waals surface area contributed by atoms with Crippen LogP contribution >= 0.6 is 0 Å². The Balaban J connectivity index is 1.35. The van der Waals surface area contributed by atoms with Crippen LogP contribution in [0.1, 0.15) is 103 Å². The molecule has 1 N–H and O–H groups in total. The van der Waals surface area contributed by atoms with Crippen LogP contribution in [-0.2, 0) is 36.9 Å². The van der Waals surface area contributed by atoms with E-state index in [2.05, 4.69) is 39.2 Å². The third-order valence-corrected chi connectivity index (χ3v) is 17.0. The van der Waals surface area contributed by atoms with Crippen molar-refractivity contribution in [1.82, 2.24) is 14.5 Å². The largest absolute Gasteiger partial charge is 0.444 e. The van der Waals surface area contributed by atoms with Crippen molar-refractivity contribution in [2.45, 2.75) is 136 Å². The zero-order chi connectivity index (χ0) is 35.5. The van der Waals surface area contributed by atoms with Crippen LogP contribution in [0.15, 0.2) is 23.2 Å². The van der Waals surface area contributed by atoms with Gasteiger partial charge in [-0.3, -0.25) is 9.79 Å². The third kappa shape index (κ3) is 9.69. The monoisotopic (exact) mass is 704 g/mol. The number of nitrogens with zero attached hydrogens (tertiary/aromatic N) is 3. The summed E-state index contributed by atoms with van der Waals surface area (Å²) in [4.78, 5) is 32.8. The second kappa shape index (κ2) is 14.9. The number of ether oxygens (including phenoxy) is 1. The molecule has 0 unspecified atom stereocenters. The molecule has 1 spiro atoms. The Kier molecular flexibility index (Phi) is 12.0. The van der Waals surface area contributed by atoms with Gasteiger partial charge in [0, 0.05) is 32.1 Å². The number of nitrogens with one attached hydrogen (secondary N) is 1. The van der Waals surface area contributed by atoms with Crippen LogP contribution < -0.4 is 5.32 Å². The Morgan fingerprint density at radius 1 is 1.08 bits per heavy atom. The van der Waals surface area contributed by atoms with E-state index in [0.717, 1.165) is 35.4 Å². The van der Waals surface area contributed by atoms with Crippen molar-refractivity contribution in [3.05, 3.63) is 34.9 Å². The van der Waals surface area contributed by atoms with E-state index in [9.17, 15) is 18.0 Å². The van der Waals surface area contributed by atoms with Crippen LogP contribution in [0.5, 0.6) is 0 Å². The van der Waals surface area contributed by atoms with Crippen molar-refractivity contribution in [2.24, 2.45) is 10.9 Å². The summed E-state index contributed by atoms with van der Waals surface area (Å²) >= 11 is 0. The summed E-state index contributed by atoms with van der Waals surface area (Å²) in [5.41, 5.74) is 1.44. The van der Waals surface area contributed by atoms with Gasteiger partial charge in [-0.1, -0.05) is 58.2 Å². The lowest BCUT2D eigenvalue weighted by molar-refractivity contribution is -0.125. The Bertz CT molecular complexity index is 1450. The van der Waals surface area contributed by atoms with Crippen molar-refractivity contribution in [3.63, 3.8) is 0 Å². The molecule has 1 saturated heterocycles. The fourth-order valence-corrected chi connectivity index (χ4v) is 9.01. The van der Waals surface area contributed by atoms with Gasteiger partial charge >= 0.3 is 6.09 Å². The lowest BCUT2D eigenvalue weighted by Crippen LogP contribution is -2.51. The van der Waals surface area contributed by atoms with E-state index in [4.69, 9.17) is 14.2 Å². The number of carbonyl (C=O) groups is 2. The van der Waals surface area contributed by atoms with Gasteiger partial charge < -0.3 is 19.4 Å². The average Bonchev–Trinajstić information content (AvgIpc) is 3.30. The van der Waals surface area contributed by atoms with Crippen molar-refractivity contribution in [2.75, 3.05) is 32.0 Å². The van der Waals surface area contributed by atoms with E-state index in [0.29, 0.717) is 58.0 Å². The molecule has 3 aliphatic rings. The normalized spacial score (nSPS) is 19.7. The van der Waals surface area contributed by atoms with E-state index < -0.39 is 29.5 Å². The first-order valence-electron chi connectivity index (χ1n) is 17.8. The summed E-state index contributed by atoms with van der Waals surface area (Å²) < 4.78 is 40.5. The van der Waals surface area contributed by atoms with Crippen LogP contribution in [-0.4, -0.2) is 86.9 Å². The molecule has 1 aromatic carbocycles. The van der Waals surface area contributed by atoms with E-state index in [1.165, 1.54) is 23.6 Å². The minimum Gasteiger partial charge on any atom is -0.444 e. The lowest BCUT2D eigenvalue weighted by atomic mass is 9.88. The van der Waals surface area contributed by atoms with Crippen molar-refractivity contribution in [1.29, 1.82) is 0 Å². The smallest absolute Gasteiger partial charge is 0.410 e. The first kappa shape index (κ1) is 38.5. The highest BCUT2D eigenvalue weighted by Gasteiger charge is 2.48. The molecule has 12 heteroatoms. The highest BCUT2D eigenvalue weighted by Crippen LogP contribution is 2.37. The number of carbonyl (C=O) groups excluding carboxylic acids is 2. The van der Waals surface area contributed by atoms with Gasteiger partial charge in [-0.05, 0) is 94.6 Å². The number of piperidine rings is 1.